The van der Waals surface area contributed by atoms with Crippen LogP contribution in [0.3, 0.4) is 0 Å². The van der Waals surface area contributed by atoms with Crippen LogP contribution in [0.4, 0.5) is 5.69 Å². The molecule has 0 spiro atoms. The third-order valence-electron chi connectivity index (χ3n) is 6.84. The number of unbranched alkanes of at least 4 members (excludes halogenated alkanes) is 1. The molecule has 0 radical (unpaired) electrons. The van der Waals surface area contributed by atoms with Gasteiger partial charge in [0.15, 0.2) is 0 Å². The first-order valence-electron chi connectivity index (χ1n) is 13.5. The van der Waals surface area contributed by atoms with E-state index in [9.17, 15) is 18.0 Å². The molecule has 10 heteroatoms. The van der Waals surface area contributed by atoms with E-state index in [2.05, 4.69) is 5.32 Å². The van der Waals surface area contributed by atoms with E-state index in [0.29, 0.717) is 17.3 Å². The number of nitrogens with one attached hydrogen (secondary N) is 1. The van der Waals surface area contributed by atoms with Gasteiger partial charge in [0.2, 0.25) is 11.8 Å². The third-order valence-corrected chi connectivity index (χ3v) is 9.04. The fraction of sp³-hybridized carbons (Fsp3) is 0.355. The molecule has 1 unspecified atom stereocenters. The maximum atomic E-state index is 14.0. The summed E-state index contributed by atoms with van der Waals surface area (Å²) in [7, 11) is -2.60. The first-order valence-corrected chi connectivity index (χ1v) is 15.4. The van der Waals surface area contributed by atoms with Gasteiger partial charge >= 0.3 is 0 Å². The van der Waals surface area contributed by atoms with E-state index in [-0.39, 0.29) is 23.0 Å². The molecule has 0 aliphatic heterocycles. The topological polar surface area (TPSA) is 96.0 Å². The van der Waals surface area contributed by atoms with E-state index < -0.39 is 28.5 Å². The van der Waals surface area contributed by atoms with E-state index in [1.807, 2.05) is 20.8 Å². The second-order valence-electron chi connectivity index (χ2n) is 9.95. The van der Waals surface area contributed by atoms with E-state index in [0.717, 1.165) is 33.8 Å². The van der Waals surface area contributed by atoms with Crippen LogP contribution in [0.15, 0.2) is 71.6 Å². The highest BCUT2D eigenvalue weighted by Gasteiger charge is 2.32. The number of anilines is 1. The zero-order valence-corrected chi connectivity index (χ0v) is 25.8. The van der Waals surface area contributed by atoms with Gasteiger partial charge in [-0.15, -0.1) is 0 Å². The van der Waals surface area contributed by atoms with Crippen LogP contribution in [0.25, 0.3) is 0 Å². The monoisotopic (exact) mass is 599 g/mol. The minimum atomic E-state index is -4.16. The second kappa shape index (κ2) is 14.4. The molecular weight excluding hydrogens is 562 g/mol. The largest absolute Gasteiger partial charge is 0.497 e. The van der Waals surface area contributed by atoms with Crippen LogP contribution < -0.4 is 14.4 Å². The Balaban J connectivity index is 2.02. The second-order valence-corrected chi connectivity index (χ2v) is 12.2. The Labute approximate surface area is 248 Å². The number of aryl methyl sites for hydroxylation is 2. The number of benzene rings is 3. The van der Waals surface area contributed by atoms with Crippen molar-refractivity contribution in [2.75, 3.05) is 24.5 Å². The van der Waals surface area contributed by atoms with Crippen molar-refractivity contribution in [3.8, 4) is 5.75 Å². The van der Waals surface area contributed by atoms with Gasteiger partial charge in [-0.2, -0.15) is 0 Å². The van der Waals surface area contributed by atoms with Gasteiger partial charge in [-0.05, 0) is 74.7 Å². The number of carbonyl (C=O) groups excluding carboxylic acids is 2. The number of nitrogens with zero attached hydrogens (tertiary/aromatic N) is 2. The van der Waals surface area contributed by atoms with Gasteiger partial charge in [0.1, 0.15) is 18.3 Å². The summed E-state index contributed by atoms with van der Waals surface area (Å²) in [4.78, 5) is 28.5. The molecule has 0 aliphatic rings. The molecule has 3 rings (SSSR count). The molecule has 0 aliphatic carbocycles. The zero-order chi connectivity index (χ0) is 30.2. The Hall–Kier alpha value is -3.56. The van der Waals surface area contributed by atoms with E-state index >= 15 is 0 Å². The zero-order valence-electron chi connectivity index (χ0n) is 24.2. The molecule has 0 saturated heterocycles. The van der Waals surface area contributed by atoms with Crippen molar-refractivity contribution >= 4 is 39.1 Å². The van der Waals surface area contributed by atoms with Crippen LogP contribution in [0.5, 0.6) is 5.75 Å². The number of hydrogen-bond acceptors (Lipinski definition) is 5. The highest BCUT2D eigenvalue weighted by atomic mass is 35.5. The van der Waals surface area contributed by atoms with Gasteiger partial charge in [0.25, 0.3) is 10.0 Å². The lowest BCUT2D eigenvalue weighted by molar-refractivity contribution is -0.139. The predicted octanol–water partition coefficient (Wildman–Crippen LogP) is 5.49. The summed E-state index contributed by atoms with van der Waals surface area (Å²) in [5.74, 6) is -0.193. The average Bonchev–Trinajstić information content (AvgIpc) is 2.96. The molecule has 0 fully saturated rings. The number of rotatable bonds is 13. The van der Waals surface area contributed by atoms with Crippen molar-refractivity contribution in [1.82, 2.24) is 10.2 Å². The maximum Gasteiger partial charge on any atom is 0.264 e. The molecule has 1 N–H and O–H groups in total. The normalized spacial score (nSPS) is 12.0. The molecule has 0 bridgehead atoms. The number of methoxy groups -OCH3 is 1. The molecular formula is C31H38ClN3O5S. The van der Waals surface area contributed by atoms with Crippen molar-refractivity contribution < 1.29 is 22.7 Å². The standard InChI is InChI=1S/C31H38ClN3O5S/c1-6-7-18-33-31(37)24(4)34(20-25-11-14-27(40-5)15-12-25)30(36)21-35(26-13-10-23(3)29(32)19-26)41(38,39)28-16-8-22(2)9-17-28/h8-17,19,24H,6-7,18,20-21H2,1-5H3,(H,33,37). The lowest BCUT2D eigenvalue weighted by Crippen LogP contribution is -2.51. The lowest BCUT2D eigenvalue weighted by atomic mass is 10.1. The summed E-state index contributed by atoms with van der Waals surface area (Å²) >= 11 is 6.38. The maximum absolute atomic E-state index is 14.0. The van der Waals surface area contributed by atoms with Crippen molar-refractivity contribution in [2.24, 2.45) is 0 Å². The summed E-state index contributed by atoms with van der Waals surface area (Å²) in [6.07, 6.45) is 1.72. The van der Waals surface area contributed by atoms with Crippen molar-refractivity contribution in [3.05, 3.63) is 88.4 Å². The molecule has 0 aromatic heterocycles. The minimum Gasteiger partial charge on any atom is -0.497 e. The Bertz CT molecular complexity index is 1440. The van der Waals surface area contributed by atoms with Crippen LogP contribution in [0, 0.1) is 13.8 Å². The number of ether oxygens (including phenoxy) is 1. The summed E-state index contributed by atoms with van der Waals surface area (Å²) in [6.45, 7) is 7.39. The van der Waals surface area contributed by atoms with E-state index in [1.54, 1.807) is 62.6 Å². The lowest BCUT2D eigenvalue weighted by Gasteiger charge is -2.32. The summed E-state index contributed by atoms with van der Waals surface area (Å²) in [5.41, 5.74) is 2.68. The molecule has 3 aromatic rings. The molecule has 1 atom stereocenters. The summed E-state index contributed by atoms with van der Waals surface area (Å²) < 4.78 is 34.1. The van der Waals surface area contributed by atoms with Gasteiger partial charge < -0.3 is 15.0 Å². The van der Waals surface area contributed by atoms with Gasteiger partial charge in [0, 0.05) is 18.1 Å². The number of hydrogen-bond donors (Lipinski definition) is 1. The molecule has 8 nitrogen and oxygen atoms in total. The molecule has 2 amide bonds. The van der Waals surface area contributed by atoms with E-state index in [4.69, 9.17) is 16.3 Å². The van der Waals surface area contributed by atoms with Crippen molar-refractivity contribution in [1.29, 1.82) is 0 Å². The van der Waals surface area contributed by atoms with E-state index in [1.165, 1.54) is 23.1 Å². The Morgan fingerprint density at radius 2 is 1.66 bits per heavy atom. The summed E-state index contributed by atoms with van der Waals surface area (Å²) in [5, 5.41) is 3.25. The Morgan fingerprint density at radius 1 is 1.00 bits per heavy atom. The first-order chi connectivity index (χ1) is 19.5. The number of carbonyl (C=O) groups is 2. The molecule has 220 valence electrons. The fourth-order valence-corrected chi connectivity index (χ4v) is 5.73. The van der Waals surface area contributed by atoms with Crippen LogP contribution in [-0.4, -0.2) is 51.4 Å². The SMILES string of the molecule is CCCCNC(=O)C(C)N(Cc1ccc(OC)cc1)C(=O)CN(c1ccc(C)c(Cl)c1)S(=O)(=O)c1ccc(C)cc1. The van der Waals surface area contributed by atoms with Gasteiger partial charge in [0.05, 0.1) is 17.7 Å². The Morgan fingerprint density at radius 3 is 2.24 bits per heavy atom. The van der Waals surface area contributed by atoms with Gasteiger partial charge in [-0.25, -0.2) is 8.42 Å². The molecule has 0 heterocycles. The third kappa shape index (κ3) is 8.24. The van der Waals surface area contributed by atoms with Crippen molar-refractivity contribution in [3.63, 3.8) is 0 Å². The quantitative estimate of drug-likeness (QED) is 0.262. The number of halogens is 1. The minimum absolute atomic E-state index is 0.0414. The van der Waals surface area contributed by atoms with Gasteiger partial charge in [-0.3, -0.25) is 13.9 Å². The molecule has 3 aromatic carbocycles. The van der Waals surface area contributed by atoms with Crippen LogP contribution in [0.2, 0.25) is 5.02 Å². The average molecular weight is 600 g/mol. The van der Waals surface area contributed by atoms with Crippen LogP contribution in [0.1, 0.15) is 43.4 Å². The smallest absolute Gasteiger partial charge is 0.264 e. The molecule has 41 heavy (non-hydrogen) atoms. The number of amides is 2. The predicted molar refractivity (Wildman–Crippen MR) is 163 cm³/mol. The fourth-order valence-electron chi connectivity index (χ4n) is 4.15. The van der Waals surface area contributed by atoms with Crippen LogP contribution in [-0.2, 0) is 26.2 Å². The Kier molecular flexibility index (Phi) is 11.2. The van der Waals surface area contributed by atoms with Gasteiger partial charge in [-0.1, -0.05) is 60.8 Å². The van der Waals surface area contributed by atoms with Crippen LogP contribution >= 0.6 is 11.6 Å². The summed E-state index contributed by atoms with van der Waals surface area (Å²) in [6, 6.07) is 17.6. The first kappa shape index (κ1) is 32.0. The highest BCUT2D eigenvalue weighted by Crippen LogP contribution is 2.29. The highest BCUT2D eigenvalue weighted by molar-refractivity contribution is 7.92. The number of sulfonamides is 1. The molecule has 0 saturated carbocycles. The van der Waals surface area contributed by atoms with Crippen molar-refractivity contribution in [2.45, 2.75) is 58.0 Å².